The number of hydrogen-bond acceptors (Lipinski definition) is 3. The highest BCUT2D eigenvalue weighted by Crippen LogP contribution is 2.20. The van der Waals surface area contributed by atoms with E-state index in [0.717, 1.165) is 25.3 Å². The Labute approximate surface area is 100 Å². The molecule has 1 aliphatic rings. The highest BCUT2D eigenvalue weighted by molar-refractivity contribution is 4.79. The fourth-order valence-corrected chi connectivity index (χ4v) is 2.61. The normalized spacial score (nSPS) is 21.2. The average Bonchev–Trinajstić information content (AvgIpc) is 2.30. The van der Waals surface area contributed by atoms with Gasteiger partial charge in [-0.1, -0.05) is 6.92 Å². The zero-order valence-corrected chi connectivity index (χ0v) is 10.9. The third kappa shape index (κ3) is 4.81. The number of piperidine rings is 1. The van der Waals surface area contributed by atoms with E-state index in [0.29, 0.717) is 12.6 Å². The molecule has 96 valence electrons. The molecule has 0 radical (unpaired) electrons. The standard InChI is InChI=1S/C13H28N2O/c1-3-14-12(2)13-6-9-15(10-7-13)8-4-5-11-16/h12-14,16H,3-11H2,1-2H3. The van der Waals surface area contributed by atoms with Crippen molar-refractivity contribution in [3.8, 4) is 0 Å². The third-order valence-corrected chi connectivity index (χ3v) is 3.75. The number of likely N-dealkylation sites (tertiary alicyclic amines) is 1. The van der Waals surface area contributed by atoms with Gasteiger partial charge in [-0.2, -0.15) is 0 Å². The SMILES string of the molecule is CCNC(C)C1CCN(CCCCO)CC1. The summed E-state index contributed by atoms with van der Waals surface area (Å²) in [4.78, 5) is 2.55. The topological polar surface area (TPSA) is 35.5 Å². The predicted octanol–water partition coefficient (Wildman–Crippen LogP) is 1.47. The molecule has 16 heavy (non-hydrogen) atoms. The van der Waals surface area contributed by atoms with Gasteiger partial charge in [0.15, 0.2) is 0 Å². The minimum atomic E-state index is 0.341. The van der Waals surface area contributed by atoms with Crippen molar-refractivity contribution in [2.75, 3.05) is 32.8 Å². The summed E-state index contributed by atoms with van der Waals surface area (Å²) in [6.45, 7) is 9.57. The van der Waals surface area contributed by atoms with Gasteiger partial charge in [0.1, 0.15) is 0 Å². The number of nitrogens with one attached hydrogen (secondary N) is 1. The molecule has 1 atom stereocenters. The van der Waals surface area contributed by atoms with Crippen LogP contribution in [0.25, 0.3) is 0 Å². The maximum Gasteiger partial charge on any atom is 0.0431 e. The maximum atomic E-state index is 8.74. The molecule has 0 aromatic heterocycles. The lowest BCUT2D eigenvalue weighted by atomic mass is 9.90. The Hall–Kier alpha value is -0.120. The summed E-state index contributed by atoms with van der Waals surface area (Å²) in [6, 6.07) is 0.671. The molecule has 1 fully saturated rings. The molecule has 1 saturated heterocycles. The summed E-state index contributed by atoms with van der Waals surface area (Å²) >= 11 is 0. The summed E-state index contributed by atoms with van der Waals surface area (Å²) < 4.78 is 0. The Balaban J connectivity index is 2.13. The lowest BCUT2D eigenvalue weighted by Gasteiger charge is -2.35. The van der Waals surface area contributed by atoms with E-state index in [4.69, 9.17) is 5.11 Å². The van der Waals surface area contributed by atoms with Crippen molar-refractivity contribution in [2.24, 2.45) is 5.92 Å². The molecule has 0 amide bonds. The van der Waals surface area contributed by atoms with Crippen molar-refractivity contribution in [1.29, 1.82) is 0 Å². The van der Waals surface area contributed by atoms with Crippen molar-refractivity contribution in [3.05, 3.63) is 0 Å². The van der Waals surface area contributed by atoms with Crippen LogP contribution in [0, 0.1) is 5.92 Å². The largest absolute Gasteiger partial charge is 0.396 e. The van der Waals surface area contributed by atoms with E-state index in [-0.39, 0.29) is 0 Å². The van der Waals surface area contributed by atoms with E-state index in [1.54, 1.807) is 0 Å². The minimum Gasteiger partial charge on any atom is -0.396 e. The molecule has 0 spiro atoms. The number of aliphatic hydroxyl groups is 1. The Kier molecular flexibility index (Phi) is 7.01. The Morgan fingerprint density at radius 2 is 2.00 bits per heavy atom. The Morgan fingerprint density at radius 1 is 1.31 bits per heavy atom. The molecule has 0 bridgehead atoms. The van der Waals surface area contributed by atoms with Gasteiger partial charge in [-0.25, -0.2) is 0 Å². The molecule has 2 N–H and O–H groups in total. The molecule has 1 rings (SSSR count). The van der Waals surface area contributed by atoms with Crippen LogP contribution in [0.3, 0.4) is 0 Å². The second kappa shape index (κ2) is 8.04. The predicted molar refractivity (Wildman–Crippen MR) is 68.6 cm³/mol. The molecule has 1 heterocycles. The van der Waals surface area contributed by atoms with Crippen molar-refractivity contribution >= 4 is 0 Å². The number of nitrogens with zero attached hydrogens (tertiary/aromatic N) is 1. The molecule has 0 saturated carbocycles. The Bertz CT molecular complexity index is 167. The number of aliphatic hydroxyl groups excluding tert-OH is 1. The van der Waals surface area contributed by atoms with Gasteiger partial charge in [-0.05, 0) is 64.7 Å². The fourth-order valence-electron chi connectivity index (χ4n) is 2.61. The second-order valence-corrected chi connectivity index (χ2v) is 4.96. The first kappa shape index (κ1) is 13.9. The first-order valence-electron chi connectivity index (χ1n) is 6.84. The van der Waals surface area contributed by atoms with E-state index >= 15 is 0 Å². The van der Waals surface area contributed by atoms with E-state index in [1.807, 2.05) is 0 Å². The summed E-state index contributed by atoms with van der Waals surface area (Å²) in [5, 5.41) is 12.3. The van der Waals surface area contributed by atoms with Gasteiger partial charge in [0.2, 0.25) is 0 Å². The molecule has 3 nitrogen and oxygen atoms in total. The first-order chi connectivity index (χ1) is 7.77. The van der Waals surface area contributed by atoms with E-state index in [1.165, 1.54) is 32.5 Å². The summed E-state index contributed by atoms with van der Waals surface area (Å²) in [5.41, 5.74) is 0. The average molecular weight is 228 g/mol. The maximum absolute atomic E-state index is 8.74. The summed E-state index contributed by atoms with van der Waals surface area (Å²) in [6.07, 6.45) is 4.75. The van der Waals surface area contributed by atoms with Crippen LogP contribution in [0.4, 0.5) is 0 Å². The summed E-state index contributed by atoms with van der Waals surface area (Å²) in [7, 11) is 0. The minimum absolute atomic E-state index is 0.341. The van der Waals surface area contributed by atoms with Gasteiger partial charge in [-0.15, -0.1) is 0 Å². The Morgan fingerprint density at radius 3 is 2.56 bits per heavy atom. The monoisotopic (exact) mass is 228 g/mol. The van der Waals surface area contributed by atoms with Crippen LogP contribution < -0.4 is 5.32 Å². The van der Waals surface area contributed by atoms with Crippen LogP contribution in [-0.4, -0.2) is 48.8 Å². The van der Waals surface area contributed by atoms with Gasteiger partial charge < -0.3 is 15.3 Å². The third-order valence-electron chi connectivity index (χ3n) is 3.75. The van der Waals surface area contributed by atoms with Gasteiger partial charge in [0, 0.05) is 12.6 Å². The number of unbranched alkanes of at least 4 members (excludes halogenated alkanes) is 1. The molecule has 1 aliphatic heterocycles. The molecule has 1 unspecified atom stereocenters. The van der Waals surface area contributed by atoms with E-state index in [9.17, 15) is 0 Å². The summed E-state index contributed by atoms with van der Waals surface area (Å²) in [5.74, 6) is 0.856. The first-order valence-corrected chi connectivity index (χ1v) is 6.84. The van der Waals surface area contributed by atoms with Gasteiger partial charge in [0.05, 0.1) is 0 Å². The fraction of sp³-hybridized carbons (Fsp3) is 1.00. The quantitative estimate of drug-likeness (QED) is 0.648. The molecule has 0 aliphatic carbocycles. The molecular formula is C13H28N2O. The number of rotatable bonds is 7. The molecule has 3 heteroatoms. The van der Waals surface area contributed by atoms with Crippen molar-refractivity contribution in [3.63, 3.8) is 0 Å². The highest BCUT2D eigenvalue weighted by atomic mass is 16.2. The molecule has 0 aromatic rings. The lowest BCUT2D eigenvalue weighted by Crippen LogP contribution is -2.42. The lowest BCUT2D eigenvalue weighted by molar-refractivity contribution is 0.157. The van der Waals surface area contributed by atoms with Crippen LogP contribution in [-0.2, 0) is 0 Å². The second-order valence-electron chi connectivity index (χ2n) is 4.96. The van der Waals surface area contributed by atoms with Crippen LogP contribution in [0.1, 0.15) is 39.5 Å². The zero-order valence-electron chi connectivity index (χ0n) is 10.9. The van der Waals surface area contributed by atoms with Crippen molar-refractivity contribution in [2.45, 2.75) is 45.6 Å². The van der Waals surface area contributed by atoms with E-state index in [2.05, 4.69) is 24.1 Å². The van der Waals surface area contributed by atoms with Crippen LogP contribution in [0.5, 0.6) is 0 Å². The van der Waals surface area contributed by atoms with Gasteiger partial charge in [0.25, 0.3) is 0 Å². The highest BCUT2D eigenvalue weighted by Gasteiger charge is 2.22. The van der Waals surface area contributed by atoms with Gasteiger partial charge >= 0.3 is 0 Å². The zero-order chi connectivity index (χ0) is 11.8. The van der Waals surface area contributed by atoms with Crippen molar-refractivity contribution in [1.82, 2.24) is 10.2 Å². The van der Waals surface area contributed by atoms with Crippen molar-refractivity contribution < 1.29 is 5.11 Å². The van der Waals surface area contributed by atoms with E-state index < -0.39 is 0 Å². The van der Waals surface area contributed by atoms with Crippen LogP contribution >= 0.6 is 0 Å². The molecule has 0 aromatic carbocycles. The van der Waals surface area contributed by atoms with Gasteiger partial charge in [-0.3, -0.25) is 0 Å². The molecular weight excluding hydrogens is 200 g/mol. The van der Waals surface area contributed by atoms with Crippen LogP contribution in [0.2, 0.25) is 0 Å². The van der Waals surface area contributed by atoms with Crippen LogP contribution in [0.15, 0.2) is 0 Å². The number of hydrogen-bond donors (Lipinski definition) is 2. The smallest absolute Gasteiger partial charge is 0.0431 e.